The van der Waals surface area contributed by atoms with E-state index >= 15 is 0 Å². The van der Waals surface area contributed by atoms with Crippen LogP contribution in [0.25, 0.3) is 0 Å². The standard InChI is InChI=1S/C21H22N4O3/c1-14-6-8-16(9-7-14)19-12-25-18(13-28-19)20(23-24-25)21(26)22-11-15-4-3-5-17(10-15)27-2/h3-10,19H,11-13H2,1-2H3,(H,22,26). The average Bonchev–Trinajstić information content (AvgIpc) is 3.16. The van der Waals surface area contributed by atoms with Gasteiger partial charge in [-0.3, -0.25) is 4.79 Å². The second kappa shape index (κ2) is 7.82. The van der Waals surface area contributed by atoms with E-state index in [1.807, 2.05) is 24.3 Å². The third-order valence-electron chi connectivity index (χ3n) is 4.85. The first-order valence-corrected chi connectivity index (χ1v) is 9.15. The smallest absolute Gasteiger partial charge is 0.274 e. The molecule has 1 N–H and O–H groups in total. The van der Waals surface area contributed by atoms with E-state index in [9.17, 15) is 4.79 Å². The quantitative estimate of drug-likeness (QED) is 0.739. The summed E-state index contributed by atoms with van der Waals surface area (Å²) in [5, 5.41) is 11.1. The molecule has 0 spiro atoms. The van der Waals surface area contributed by atoms with E-state index in [0.29, 0.717) is 31.1 Å². The molecule has 0 saturated carbocycles. The largest absolute Gasteiger partial charge is 0.497 e. The van der Waals surface area contributed by atoms with Crippen molar-refractivity contribution >= 4 is 5.91 Å². The Kier molecular flexibility index (Phi) is 5.08. The van der Waals surface area contributed by atoms with Crippen molar-refractivity contribution in [1.29, 1.82) is 0 Å². The molecule has 0 radical (unpaired) electrons. The lowest BCUT2D eigenvalue weighted by Crippen LogP contribution is -2.27. The summed E-state index contributed by atoms with van der Waals surface area (Å²) in [5.41, 5.74) is 4.26. The van der Waals surface area contributed by atoms with E-state index in [1.54, 1.807) is 11.8 Å². The molecule has 1 aliphatic heterocycles. The zero-order chi connectivity index (χ0) is 19.5. The molecule has 1 amide bonds. The van der Waals surface area contributed by atoms with Gasteiger partial charge >= 0.3 is 0 Å². The Morgan fingerprint density at radius 2 is 2.11 bits per heavy atom. The predicted molar refractivity (Wildman–Crippen MR) is 103 cm³/mol. The highest BCUT2D eigenvalue weighted by Gasteiger charge is 2.27. The predicted octanol–water partition coefficient (Wildman–Crippen LogP) is 2.80. The van der Waals surface area contributed by atoms with Gasteiger partial charge in [0.1, 0.15) is 11.9 Å². The van der Waals surface area contributed by atoms with Crippen LogP contribution in [0.5, 0.6) is 5.75 Å². The van der Waals surface area contributed by atoms with Gasteiger partial charge in [-0.25, -0.2) is 4.68 Å². The lowest BCUT2D eigenvalue weighted by Gasteiger charge is -2.24. The van der Waals surface area contributed by atoms with Crippen molar-refractivity contribution in [2.45, 2.75) is 32.7 Å². The summed E-state index contributed by atoms with van der Waals surface area (Å²) in [6.45, 7) is 3.27. The number of fused-ring (bicyclic) bond motifs is 1. The van der Waals surface area contributed by atoms with E-state index in [2.05, 4.69) is 46.8 Å². The first kappa shape index (κ1) is 18.2. The summed E-state index contributed by atoms with van der Waals surface area (Å²) < 4.78 is 12.9. The maximum Gasteiger partial charge on any atom is 0.274 e. The van der Waals surface area contributed by atoms with E-state index in [1.165, 1.54) is 5.56 Å². The molecule has 3 aromatic rings. The van der Waals surface area contributed by atoms with Gasteiger partial charge in [0.05, 0.1) is 26.0 Å². The van der Waals surface area contributed by atoms with Gasteiger partial charge in [0.25, 0.3) is 5.91 Å². The van der Waals surface area contributed by atoms with E-state index < -0.39 is 0 Å². The van der Waals surface area contributed by atoms with Crippen LogP contribution in [0, 0.1) is 6.92 Å². The van der Waals surface area contributed by atoms with Crippen molar-refractivity contribution in [2.75, 3.05) is 7.11 Å². The molecule has 144 valence electrons. The lowest BCUT2D eigenvalue weighted by atomic mass is 10.1. The highest BCUT2D eigenvalue weighted by atomic mass is 16.5. The third kappa shape index (κ3) is 3.75. The minimum Gasteiger partial charge on any atom is -0.497 e. The minimum absolute atomic E-state index is 0.0949. The number of amides is 1. The number of methoxy groups -OCH3 is 1. The summed E-state index contributed by atoms with van der Waals surface area (Å²) in [5.74, 6) is 0.491. The summed E-state index contributed by atoms with van der Waals surface area (Å²) in [4.78, 5) is 12.6. The third-order valence-corrected chi connectivity index (χ3v) is 4.85. The molecule has 1 atom stereocenters. The van der Waals surface area contributed by atoms with Crippen LogP contribution in [0.1, 0.15) is 39.0 Å². The second-order valence-electron chi connectivity index (χ2n) is 6.81. The maximum absolute atomic E-state index is 12.6. The molecule has 4 rings (SSSR count). The Hall–Kier alpha value is -3.19. The summed E-state index contributed by atoms with van der Waals surface area (Å²) in [6, 6.07) is 15.8. The fourth-order valence-corrected chi connectivity index (χ4v) is 3.22. The number of hydrogen-bond donors (Lipinski definition) is 1. The van der Waals surface area contributed by atoms with Crippen LogP contribution in [-0.2, 0) is 24.4 Å². The molecular formula is C21H22N4O3. The number of nitrogens with zero attached hydrogens (tertiary/aromatic N) is 3. The first-order chi connectivity index (χ1) is 13.6. The average molecular weight is 378 g/mol. The van der Waals surface area contributed by atoms with E-state index in [-0.39, 0.29) is 12.0 Å². The van der Waals surface area contributed by atoms with Gasteiger partial charge in [-0.1, -0.05) is 47.2 Å². The summed E-state index contributed by atoms with van der Waals surface area (Å²) in [6.07, 6.45) is -0.0949. The Labute approximate surface area is 163 Å². The molecule has 0 aliphatic carbocycles. The molecule has 2 aromatic carbocycles. The first-order valence-electron chi connectivity index (χ1n) is 9.15. The van der Waals surface area contributed by atoms with Gasteiger partial charge in [-0.2, -0.15) is 0 Å². The number of ether oxygens (including phenoxy) is 2. The second-order valence-corrected chi connectivity index (χ2v) is 6.81. The zero-order valence-corrected chi connectivity index (χ0v) is 15.9. The monoisotopic (exact) mass is 378 g/mol. The molecule has 0 bridgehead atoms. The number of aryl methyl sites for hydroxylation is 1. The van der Waals surface area contributed by atoms with E-state index in [0.717, 1.165) is 16.9 Å². The molecule has 1 aliphatic rings. The number of carbonyl (C=O) groups is 1. The fraction of sp³-hybridized carbons (Fsp3) is 0.286. The summed E-state index contributed by atoms with van der Waals surface area (Å²) >= 11 is 0. The molecule has 2 heterocycles. The van der Waals surface area contributed by atoms with Crippen molar-refractivity contribution in [3.8, 4) is 5.75 Å². The zero-order valence-electron chi connectivity index (χ0n) is 15.9. The van der Waals surface area contributed by atoms with Crippen LogP contribution in [-0.4, -0.2) is 28.0 Å². The molecule has 7 nitrogen and oxygen atoms in total. The van der Waals surface area contributed by atoms with Gasteiger partial charge in [0.15, 0.2) is 5.69 Å². The molecule has 1 unspecified atom stereocenters. The number of rotatable bonds is 5. The normalized spacial score (nSPS) is 15.7. The van der Waals surface area contributed by atoms with Crippen LogP contribution < -0.4 is 10.1 Å². The number of carbonyl (C=O) groups excluding carboxylic acids is 1. The fourth-order valence-electron chi connectivity index (χ4n) is 3.22. The Morgan fingerprint density at radius 1 is 1.29 bits per heavy atom. The van der Waals surface area contributed by atoms with Gasteiger partial charge in [-0.05, 0) is 30.2 Å². The number of aromatic nitrogens is 3. The highest BCUT2D eigenvalue weighted by Crippen LogP contribution is 2.27. The van der Waals surface area contributed by atoms with Crippen LogP contribution >= 0.6 is 0 Å². The summed E-state index contributed by atoms with van der Waals surface area (Å²) in [7, 11) is 1.62. The number of hydrogen-bond acceptors (Lipinski definition) is 5. The van der Waals surface area contributed by atoms with Gasteiger partial charge < -0.3 is 14.8 Å². The van der Waals surface area contributed by atoms with Crippen LogP contribution in [0.2, 0.25) is 0 Å². The number of nitrogens with one attached hydrogen (secondary N) is 1. The van der Waals surface area contributed by atoms with Crippen molar-refractivity contribution in [2.24, 2.45) is 0 Å². The lowest BCUT2D eigenvalue weighted by molar-refractivity contribution is -0.00177. The molecular weight excluding hydrogens is 356 g/mol. The molecule has 7 heteroatoms. The van der Waals surface area contributed by atoms with Gasteiger partial charge in [0, 0.05) is 6.54 Å². The van der Waals surface area contributed by atoms with Crippen LogP contribution in [0.4, 0.5) is 0 Å². The Morgan fingerprint density at radius 3 is 2.89 bits per heavy atom. The van der Waals surface area contributed by atoms with Crippen LogP contribution in [0.3, 0.4) is 0 Å². The van der Waals surface area contributed by atoms with E-state index in [4.69, 9.17) is 9.47 Å². The topological polar surface area (TPSA) is 78.3 Å². The maximum atomic E-state index is 12.6. The van der Waals surface area contributed by atoms with Gasteiger partial charge in [-0.15, -0.1) is 5.10 Å². The van der Waals surface area contributed by atoms with Crippen molar-refractivity contribution < 1.29 is 14.3 Å². The number of benzene rings is 2. The SMILES string of the molecule is COc1cccc(CNC(=O)c2nnn3c2COC(c2ccc(C)cc2)C3)c1. The molecule has 1 aromatic heterocycles. The van der Waals surface area contributed by atoms with Crippen molar-refractivity contribution in [3.05, 3.63) is 76.6 Å². The molecule has 0 fully saturated rings. The molecule has 28 heavy (non-hydrogen) atoms. The van der Waals surface area contributed by atoms with Crippen LogP contribution in [0.15, 0.2) is 48.5 Å². The highest BCUT2D eigenvalue weighted by molar-refractivity contribution is 5.93. The Bertz CT molecular complexity index is 982. The van der Waals surface area contributed by atoms with Gasteiger partial charge in [0.2, 0.25) is 0 Å². The van der Waals surface area contributed by atoms with Crippen molar-refractivity contribution in [1.82, 2.24) is 20.3 Å². The Balaban J connectivity index is 1.43. The minimum atomic E-state index is -0.263. The molecule has 0 saturated heterocycles. The van der Waals surface area contributed by atoms with Crippen molar-refractivity contribution in [3.63, 3.8) is 0 Å².